The summed E-state index contributed by atoms with van der Waals surface area (Å²) in [6.07, 6.45) is 1.70. The molecule has 1 saturated heterocycles. The predicted octanol–water partition coefficient (Wildman–Crippen LogP) is 1.90. The van der Waals surface area contributed by atoms with Gasteiger partial charge in [0, 0.05) is 19.5 Å². The van der Waals surface area contributed by atoms with Gasteiger partial charge in [-0.1, -0.05) is 20.8 Å². The number of amides is 1. The van der Waals surface area contributed by atoms with E-state index in [0.717, 1.165) is 37.8 Å². The fourth-order valence-corrected chi connectivity index (χ4v) is 1.51. The zero-order valence-electron chi connectivity index (χ0n) is 8.34. The molecule has 1 rings (SSSR count). The maximum absolute atomic E-state index is 11.3. The summed E-state index contributed by atoms with van der Waals surface area (Å²) in [6.45, 7) is 8.50. The van der Waals surface area contributed by atoms with Crippen LogP contribution in [0.25, 0.3) is 0 Å². The summed E-state index contributed by atoms with van der Waals surface area (Å²) >= 11 is 0. The minimum absolute atomic E-state index is 0.342. The topological polar surface area (TPSA) is 20.3 Å². The average molecular weight is 169 g/mol. The van der Waals surface area contributed by atoms with Crippen molar-refractivity contribution in [2.24, 2.45) is 11.8 Å². The highest BCUT2D eigenvalue weighted by atomic mass is 16.2. The zero-order chi connectivity index (χ0) is 9.14. The van der Waals surface area contributed by atoms with Gasteiger partial charge in [0.05, 0.1) is 0 Å². The molecule has 2 heteroatoms. The van der Waals surface area contributed by atoms with Gasteiger partial charge in [-0.25, -0.2) is 0 Å². The van der Waals surface area contributed by atoms with Crippen LogP contribution in [0.4, 0.5) is 0 Å². The van der Waals surface area contributed by atoms with E-state index >= 15 is 0 Å². The molecule has 0 aromatic heterocycles. The Labute approximate surface area is 74.9 Å². The summed E-state index contributed by atoms with van der Waals surface area (Å²) in [5.41, 5.74) is 0. The van der Waals surface area contributed by atoms with Crippen LogP contribution < -0.4 is 0 Å². The van der Waals surface area contributed by atoms with Crippen LogP contribution in [-0.2, 0) is 4.79 Å². The first-order valence-electron chi connectivity index (χ1n) is 4.93. The molecule has 0 aromatic carbocycles. The van der Waals surface area contributed by atoms with E-state index < -0.39 is 0 Å². The second kappa shape index (κ2) is 3.92. The molecule has 70 valence electrons. The van der Waals surface area contributed by atoms with Crippen molar-refractivity contribution in [2.45, 2.75) is 33.6 Å². The highest BCUT2D eigenvalue weighted by Gasteiger charge is 2.31. The molecule has 0 spiro atoms. The molecule has 0 saturated carbocycles. The molecule has 1 aliphatic heterocycles. The van der Waals surface area contributed by atoms with Crippen molar-refractivity contribution < 1.29 is 4.79 Å². The Morgan fingerprint density at radius 3 is 2.50 bits per heavy atom. The second-order valence-electron chi connectivity index (χ2n) is 4.05. The van der Waals surface area contributed by atoms with Crippen LogP contribution >= 0.6 is 0 Å². The van der Waals surface area contributed by atoms with Crippen molar-refractivity contribution in [3.05, 3.63) is 0 Å². The van der Waals surface area contributed by atoms with Gasteiger partial charge in [-0.15, -0.1) is 0 Å². The van der Waals surface area contributed by atoms with Crippen LogP contribution in [0.2, 0.25) is 0 Å². The maximum Gasteiger partial charge on any atom is 0.222 e. The van der Waals surface area contributed by atoms with E-state index in [2.05, 4.69) is 20.8 Å². The quantitative estimate of drug-likeness (QED) is 0.632. The molecule has 0 aromatic rings. The van der Waals surface area contributed by atoms with Crippen molar-refractivity contribution in [2.75, 3.05) is 13.1 Å². The molecule has 1 aliphatic rings. The lowest BCUT2D eigenvalue weighted by atomic mass is 9.88. The number of carbonyl (C=O) groups excluding carboxylic acids is 1. The van der Waals surface area contributed by atoms with E-state index in [1.165, 1.54) is 0 Å². The molecule has 12 heavy (non-hydrogen) atoms. The van der Waals surface area contributed by atoms with E-state index in [1.807, 2.05) is 4.90 Å². The Kier molecular flexibility index (Phi) is 3.12. The third-order valence-corrected chi connectivity index (χ3v) is 2.67. The summed E-state index contributed by atoms with van der Waals surface area (Å²) in [4.78, 5) is 13.3. The van der Waals surface area contributed by atoms with Gasteiger partial charge in [0.1, 0.15) is 0 Å². The molecule has 0 bridgehead atoms. The third kappa shape index (κ3) is 1.99. The van der Waals surface area contributed by atoms with Crippen molar-refractivity contribution in [1.82, 2.24) is 4.90 Å². The number of nitrogens with zero attached hydrogens (tertiary/aromatic N) is 1. The van der Waals surface area contributed by atoms with Gasteiger partial charge in [-0.05, 0) is 18.3 Å². The summed E-state index contributed by atoms with van der Waals surface area (Å²) in [5, 5.41) is 0. The average Bonchev–Trinajstić information content (AvgIpc) is 1.82. The molecule has 0 aliphatic carbocycles. The molecule has 2 nitrogen and oxygen atoms in total. The van der Waals surface area contributed by atoms with Gasteiger partial charge in [0.2, 0.25) is 5.91 Å². The van der Waals surface area contributed by atoms with E-state index in [4.69, 9.17) is 0 Å². The van der Waals surface area contributed by atoms with Gasteiger partial charge in [-0.3, -0.25) is 4.79 Å². The minimum Gasteiger partial charge on any atom is -0.342 e. The monoisotopic (exact) mass is 169 g/mol. The van der Waals surface area contributed by atoms with Crippen LogP contribution in [0.1, 0.15) is 33.6 Å². The normalized spacial score (nSPS) is 18.2. The van der Waals surface area contributed by atoms with Crippen LogP contribution in [0.15, 0.2) is 0 Å². The van der Waals surface area contributed by atoms with Crippen LogP contribution in [0.3, 0.4) is 0 Å². The Balaban J connectivity index is 2.20. The third-order valence-electron chi connectivity index (χ3n) is 2.67. The van der Waals surface area contributed by atoms with E-state index in [0.29, 0.717) is 5.91 Å². The fraction of sp³-hybridized carbons (Fsp3) is 0.900. The summed E-state index contributed by atoms with van der Waals surface area (Å²) in [7, 11) is 0. The molecule has 1 amide bonds. The first-order chi connectivity index (χ1) is 5.65. The first-order valence-corrected chi connectivity index (χ1v) is 4.93. The van der Waals surface area contributed by atoms with Crippen LogP contribution in [-0.4, -0.2) is 23.9 Å². The minimum atomic E-state index is 0.342. The Morgan fingerprint density at radius 2 is 2.08 bits per heavy atom. The smallest absolute Gasteiger partial charge is 0.222 e. The van der Waals surface area contributed by atoms with Gasteiger partial charge in [0.15, 0.2) is 0 Å². The second-order valence-corrected chi connectivity index (χ2v) is 4.05. The number of carbonyl (C=O) groups is 1. The highest BCUT2D eigenvalue weighted by molar-refractivity contribution is 5.76. The molecule has 1 heterocycles. The molecular weight excluding hydrogens is 150 g/mol. The molecule has 0 unspecified atom stereocenters. The molecular formula is C10H19NO. The lowest BCUT2D eigenvalue weighted by Crippen LogP contribution is -2.51. The van der Waals surface area contributed by atoms with Gasteiger partial charge in [-0.2, -0.15) is 0 Å². The largest absolute Gasteiger partial charge is 0.342 e. The van der Waals surface area contributed by atoms with Crippen molar-refractivity contribution in [3.8, 4) is 0 Å². The standard InChI is InChI=1S/C10H19NO/c1-4-5-10(12)11-6-9(7-11)8(2)3/h8-9H,4-7H2,1-3H3. The van der Waals surface area contributed by atoms with Gasteiger partial charge >= 0.3 is 0 Å². The molecule has 0 N–H and O–H groups in total. The zero-order valence-corrected chi connectivity index (χ0v) is 8.34. The first kappa shape index (κ1) is 9.56. The number of hydrogen-bond acceptors (Lipinski definition) is 1. The summed E-state index contributed by atoms with van der Waals surface area (Å²) < 4.78 is 0. The summed E-state index contributed by atoms with van der Waals surface area (Å²) in [6, 6.07) is 0. The van der Waals surface area contributed by atoms with E-state index in [-0.39, 0.29) is 0 Å². The Hall–Kier alpha value is -0.530. The van der Waals surface area contributed by atoms with E-state index in [1.54, 1.807) is 0 Å². The highest BCUT2D eigenvalue weighted by Crippen LogP contribution is 2.23. The lowest BCUT2D eigenvalue weighted by molar-refractivity contribution is -0.138. The molecule has 1 fully saturated rings. The summed E-state index contributed by atoms with van der Waals surface area (Å²) in [5.74, 6) is 1.83. The van der Waals surface area contributed by atoms with Gasteiger partial charge < -0.3 is 4.90 Å². The molecule has 0 atom stereocenters. The predicted molar refractivity (Wildman–Crippen MR) is 49.8 cm³/mol. The number of rotatable bonds is 3. The van der Waals surface area contributed by atoms with Crippen molar-refractivity contribution >= 4 is 5.91 Å². The fourth-order valence-electron chi connectivity index (χ4n) is 1.51. The SMILES string of the molecule is CCCC(=O)N1CC(C(C)C)C1. The Bertz CT molecular complexity index is 159. The Morgan fingerprint density at radius 1 is 1.50 bits per heavy atom. The number of hydrogen-bond donors (Lipinski definition) is 0. The molecule has 0 radical (unpaired) electrons. The number of likely N-dealkylation sites (tertiary alicyclic amines) is 1. The van der Waals surface area contributed by atoms with Gasteiger partial charge in [0.25, 0.3) is 0 Å². The van der Waals surface area contributed by atoms with Crippen molar-refractivity contribution in [3.63, 3.8) is 0 Å². The van der Waals surface area contributed by atoms with Crippen LogP contribution in [0, 0.1) is 11.8 Å². The lowest BCUT2D eigenvalue weighted by Gasteiger charge is -2.41. The van der Waals surface area contributed by atoms with E-state index in [9.17, 15) is 4.79 Å². The van der Waals surface area contributed by atoms with Crippen LogP contribution in [0.5, 0.6) is 0 Å². The maximum atomic E-state index is 11.3. The van der Waals surface area contributed by atoms with Crippen molar-refractivity contribution in [1.29, 1.82) is 0 Å².